The van der Waals surface area contributed by atoms with Crippen molar-refractivity contribution < 1.29 is 9.53 Å². The van der Waals surface area contributed by atoms with Crippen LogP contribution in [0, 0.1) is 19.3 Å². The Bertz CT molecular complexity index is 731. The molecule has 0 spiro atoms. The second-order valence-corrected chi connectivity index (χ2v) is 4.70. The smallest absolute Gasteiger partial charge is 0.339 e. The predicted octanol–water partition coefficient (Wildman–Crippen LogP) is 3.16. The highest BCUT2D eigenvalue weighted by Crippen LogP contribution is 2.12. The fourth-order valence-electron chi connectivity index (χ4n) is 1.80. The summed E-state index contributed by atoms with van der Waals surface area (Å²) in [4.78, 5) is 11.8. The van der Waals surface area contributed by atoms with Gasteiger partial charge >= 0.3 is 6.03 Å². The number of nitrogens with zero attached hydrogens (tertiary/aromatic N) is 1. The van der Waals surface area contributed by atoms with E-state index in [1.165, 1.54) is 0 Å². The van der Waals surface area contributed by atoms with Gasteiger partial charge in [-0.1, -0.05) is 24.1 Å². The van der Waals surface area contributed by atoms with Crippen molar-refractivity contribution in [1.82, 2.24) is 5.43 Å². The van der Waals surface area contributed by atoms with Crippen LogP contribution in [-0.2, 0) is 0 Å². The van der Waals surface area contributed by atoms with Gasteiger partial charge in [0.2, 0.25) is 0 Å². The van der Waals surface area contributed by atoms with Crippen LogP contribution in [0.4, 0.5) is 10.5 Å². The van der Waals surface area contributed by atoms with Gasteiger partial charge in [-0.15, -0.1) is 6.42 Å². The zero-order chi connectivity index (χ0) is 16.5. The molecular weight excluding hydrogens is 290 g/mol. The fourth-order valence-corrected chi connectivity index (χ4v) is 1.80. The summed E-state index contributed by atoms with van der Waals surface area (Å²) < 4.78 is 5.27. The Kier molecular flexibility index (Phi) is 5.78. The minimum absolute atomic E-state index is 0.230. The lowest BCUT2D eigenvalue weighted by atomic mass is 10.2. The summed E-state index contributed by atoms with van der Waals surface area (Å²) in [6.07, 6.45) is 6.67. The van der Waals surface area contributed by atoms with Crippen molar-refractivity contribution in [3.63, 3.8) is 0 Å². The Morgan fingerprint density at radius 2 is 2.00 bits per heavy atom. The first-order valence-electron chi connectivity index (χ1n) is 7.01. The van der Waals surface area contributed by atoms with Crippen molar-refractivity contribution in [3.05, 3.63) is 59.7 Å². The molecule has 0 saturated carbocycles. The minimum Gasteiger partial charge on any atom is -0.481 e. The molecule has 0 aromatic heterocycles. The van der Waals surface area contributed by atoms with Crippen molar-refractivity contribution in [3.8, 4) is 18.1 Å². The van der Waals surface area contributed by atoms with Crippen LogP contribution in [0.25, 0.3) is 0 Å². The number of hydrogen-bond donors (Lipinski definition) is 2. The molecule has 2 rings (SSSR count). The van der Waals surface area contributed by atoms with Crippen LogP contribution in [0.2, 0.25) is 0 Å². The lowest BCUT2D eigenvalue weighted by Crippen LogP contribution is -2.24. The third kappa shape index (κ3) is 5.21. The zero-order valence-electron chi connectivity index (χ0n) is 12.7. The number of terminal acetylenes is 1. The van der Waals surface area contributed by atoms with Crippen LogP contribution in [0.1, 0.15) is 11.1 Å². The van der Waals surface area contributed by atoms with Crippen LogP contribution >= 0.6 is 0 Å². The largest absolute Gasteiger partial charge is 0.481 e. The number of anilines is 1. The summed E-state index contributed by atoms with van der Waals surface area (Å²) in [5, 5.41) is 6.63. The van der Waals surface area contributed by atoms with E-state index in [4.69, 9.17) is 11.2 Å². The molecule has 5 nitrogen and oxygen atoms in total. The first kappa shape index (κ1) is 16.1. The normalized spacial score (nSPS) is 10.1. The highest BCUT2D eigenvalue weighted by molar-refractivity contribution is 5.91. The third-order valence-corrected chi connectivity index (χ3v) is 2.98. The van der Waals surface area contributed by atoms with Crippen molar-refractivity contribution in [1.29, 1.82) is 0 Å². The molecule has 0 aliphatic heterocycles. The van der Waals surface area contributed by atoms with Crippen molar-refractivity contribution in [2.75, 3.05) is 11.9 Å². The van der Waals surface area contributed by atoms with Gasteiger partial charge in [0.1, 0.15) is 12.4 Å². The molecule has 23 heavy (non-hydrogen) atoms. The Morgan fingerprint density at radius 3 is 2.70 bits per heavy atom. The van der Waals surface area contributed by atoms with Crippen LogP contribution in [0.15, 0.2) is 53.6 Å². The van der Waals surface area contributed by atoms with Gasteiger partial charge in [-0.05, 0) is 48.4 Å². The molecule has 0 unspecified atom stereocenters. The van der Waals surface area contributed by atoms with Gasteiger partial charge < -0.3 is 10.1 Å². The Hall–Kier alpha value is -3.26. The average molecular weight is 307 g/mol. The summed E-state index contributed by atoms with van der Waals surface area (Å²) in [6, 6.07) is 14.3. The molecular formula is C18H17N3O2. The molecule has 0 fully saturated rings. The third-order valence-electron chi connectivity index (χ3n) is 2.98. The molecule has 0 aliphatic rings. The topological polar surface area (TPSA) is 62.7 Å². The maximum absolute atomic E-state index is 11.8. The SMILES string of the molecule is C#CCOc1ccc(C=NNC(=O)Nc2ccccc2C)cc1. The second-order valence-electron chi connectivity index (χ2n) is 4.70. The molecule has 0 bridgehead atoms. The molecule has 0 aliphatic carbocycles. The van der Waals surface area contributed by atoms with Gasteiger partial charge in [0.15, 0.2) is 0 Å². The number of amides is 2. The van der Waals surface area contributed by atoms with E-state index in [2.05, 4.69) is 21.8 Å². The number of nitrogens with one attached hydrogen (secondary N) is 2. The second kappa shape index (κ2) is 8.25. The molecule has 0 radical (unpaired) electrons. The summed E-state index contributed by atoms with van der Waals surface area (Å²) in [7, 11) is 0. The van der Waals surface area contributed by atoms with Gasteiger partial charge in [0, 0.05) is 5.69 Å². The average Bonchev–Trinajstić information content (AvgIpc) is 2.56. The number of urea groups is 1. The fraction of sp³-hybridized carbons (Fsp3) is 0.111. The van der Waals surface area contributed by atoms with E-state index in [1.807, 2.05) is 43.3 Å². The molecule has 2 N–H and O–H groups in total. The number of benzene rings is 2. The summed E-state index contributed by atoms with van der Waals surface area (Å²) in [5.41, 5.74) is 4.97. The molecule has 0 atom stereocenters. The summed E-state index contributed by atoms with van der Waals surface area (Å²) >= 11 is 0. The first-order valence-corrected chi connectivity index (χ1v) is 7.01. The quantitative estimate of drug-likeness (QED) is 0.506. The zero-order valence-corrected chi connectivity index (χ0v) is 12.7. The van der Waals surface area contributed by atoms with Crippen LogP contribution in [0.3, 0.4) is 0 Å². The monoisotopic (exact) mass is 307 g/mol. The summed E-state index contributed by atoms with van der Waals surface area (Å²) in [5.74, 6) is 3.08. The van der Waals surface area contributed by atoms with Gasteiger partial charge in [-0.3, -0.25) is 0 Å². The van der Waals surface area contributed by atoms with Gasteiger partial charge in [0.05, 0.1) is 6.21 Å². The van der Waals surface area contributed by atoms with E-state index >= 15 is 0 Å². The number of para-hydroxylation sites is 1. The van der Waals surface area contributed by atoms with Crippen LogP contribution in [-0.4, -0.2) is 18.9 Å². The number of hydrazone groups is 1. The molecule has 5 heteroatoms. The Morgan fingerprint density at radius 1 is 1.26 bits per heavy atom. The summed E-state index contributed by atoms with van der Waals surface area (Å²) in [6.45, 7) is 2.15. The van der Waals surface area contributed by atoms with Gasteiger partial charge in [-0.25, -0.2) is 10.2 Å². The Labute approximate surface area is 135 Å². The van der Waals surface area contributed by atoms with Crippen LogP contribution < -0.4 is 15.5 Å². The number of carbonyl (C=O) groups is 1. The predicted molar refractivity (Wildman–Crippen MR) is 91.7 cm³/mol. The van der Waals surface area contributed by atoms with E-state index < -0.39 is 6.03 Å². The highest BCUT2D eigenvalue weighted by Gasteiger charge is 2.01. The number of carbonyl (C=O) groups excluding carboxylic acids is 1. The maximum atomic E-state index is 11.8. The molecule has 116 valence electrons. The van der Waals surface area contributed by atoms with Crippen LogP contribution in [0.5, 0.6) is 5.75 Å². The van der Waals surface area contributed by atoms with Crippen molar-refractivity contribution in [2.24, 2.45) is 5.10 Å². The van der Waals surface area contributed by atoms with Gasteiger partial charge in [-0.2, -0.15) is 5.10 Å². The van der Waals surface area contributed by atoms with Crippen molar-refractivity contribution >= 4 is 17.9 Å². The Balaban J connectivity index is 1.85. The number of hydrogen-bond acceptors (Lipinski definition) is 3. The molecule has 2 aromatic carbocycles. The maximum Gasteiger partial charge on any atom is 0.339 e. The number of rotatable bonds is 5. The van der Waals surface area contributed by atoms with Crippen molar-refractivity contribution in [2.45, 2.75) is 6.92 Å². The molecule has 2 amide bonds. The standard InChI is InChI=1S/C18H17N3O2/c1-3-12-23-16-10-8-15(9-11-16)13-19-21-18(22)20-17-7-5-4-6-14(17)2/h1,4-11,13H,12H2,2H3,(H2,20,21,22). The number of ether oxygens (including phenoxy) is 1. The number of aryl methyl sites for hydroxylation is 1. The van der Waals surface area contributed by atoms with Gasteiger partial charge in [0.25, 0.3) is 0 Å². The van der Waals surface area contributed by atoms with E-state index in [0.717, 1.165) is 16.8 Å². The molecule has 0 heterocycles. The first-order chi connectivity index (χ1) is 11.2. The molecule has 2 aromatic rings. The van der Waals surface area contributed by atoms with E-state index in [0.29, 0.717) is 5.75 Å². The van der Waals surface area contributed by atoms with E-state index in [1.54, 1.807) is 18.3 Å². The minimum atomic E-state index is -0.399. The van der Waals surface area contributed by atoms with E-state index in [9.17, 15) is 4.79 Å². The molecule has 0 saturated heterocycles. The lowest BCUT2D eigenvalue weighted by molar-refractivity contribution is 0.252. The highest BCUT2D eigenvalue weighted by atomic mass is 16.5. The van der Waals surface area contributed by atoms with E-state index in [-0.39, 0.29) is 6.61 Å². The lowest BCUT2D eigenvalue weighted by Gasteiger charge is -2.06.